The van der Waals surface area contributed by atoms with Gasteiger partial charge in [-0.3, -0.25) is 0 Å². The van der Waals surface area contributed by atoms with Gasteiger partial charge in [-0.05, 0) is 6.07 Å². The van der Waals surface area contributed by atoms with E-state index < -0.39 is 14.7 Å². The molecule has 0 radical (unpaired) electrons. The van der Waals surface area contributed by atoms with E-state index in [1.165, 1.54) is 18.1 Å². The van der Waals surface area contributed by atoms with Crippen molar-refractivity contribution in [1.29, 1.82) is 0 Å². The van der Waals surface area contributed by atoms with Gasteiger partial charge in [-0.2, -0.15) is 0 Å². The maximum absolute atomic E-state index is 6.83. The van der Waals surface area contributed by atoms with Crippen LogP contribution in [0.5, 0.6) is 0 Å². The molecule has 5 nitrogen and oxygen atoms in total. The fourth-order valence-corrected chi connectivity index (χ4v) is 8.32. The Hall–Kier alpha value is -2.88. The van der Waals surface area contributed by atoms with E-state index in [0.717, 1.165) is 50.7 Å². The molecule has 3 aromatic heterocycles. The number of nitrogens with two attached hydrogens (primary N) is 1. The third kappa shape index (κ3) is 4.11. The van der Waals surface area contributed by atoms with Crippen LogP contribution in [0.4, 0.5) is 5.82 Å². The van der Waals surface area contributed by atoms with Gasteiger partial charge >= 0.3 is 173 Å². The summed E-state index contributed by atoms with van der Waals surface area (Å²) in [7, 11) is 0. The molecule has 2 N–H and O–H groups in total. The number of nitrogens with zero attached hydrogens (tertiary/aromatic N) is 4. The van der Waals surface area contributed by atoms with Gasteiger partial charge in [-0.15, -0.1) is 0 Å². The summed E-state index contributed by atoms with van der Waals surface area (Å²) in [4.78, 5) is 14.5. The molecule has 2 aromatic carbocycles. The number of hydrogen-bond acceptors (Lipinski definition) is 4. The van der Waals surface area contributed by atoms with Gasteiger partial charge in [-0.1, -0.05) is 30.3 Å². The van der Waals surface area contributed by atoms with Crippen molar-refractivity contribution < 1.29 is 0 Å². The van der Waals surface area contributed by atoms with Crippen molar-refractivity contribution in [2.24, 2.45) is 5.92 Å². The summed E-state index contributed by atoms with van der Waals surface area (Å²) in [5.74, 6) is 2.80. The molecule has 35 heavy (non-hydrogen) atoms. The van der Waals surface area contributed by atoms with Gasteiger partial charge in [0.2, 0.25) is 0 Å². The molecule has 3 heterocycles. The minimum absolute atomic E-state index is 0.444. The van der Waals surface area contributed by atoms with E-state index in [1.807, 2.05) is 42.6 Å². The summed E-state index contributed by atoms with van der Waals surface area (Å²) >= 11 is 6.21. The summed E-state index contributed by atoms with van der Waals surface area (Å²) in [5.41, 5.74) is 16.6. The third-order valence-electron chi connectivity index (χ3n) is 6.94. The van der Waals surface area contributed by atoms with Crippen LogP contribution in [0.2, 0.25) is 21.7 Å². The van der Waals surface area contributed by atoms with Gasteiger partial charge < -0.3 is 0 Å². The van der Waals surface area contributed by atoms with Crippen LogP contribution in [0.3, 0.4) is 0 Å². The van der Waals surface area contributed by atoms with E-state index in [-0.39, 0.29) is 0 Å². The summed E-state index contributed by atoms with van der Waals surface area (Å²) in [6.07, 6.45) is 6.12. The van der Waals surface area contributed by atoms with Gasteiger partial charge in [0.1, 0.15) is 0 Å². The molecule has 5 aromatic rings. The molecule has 6 rings (SSSR count). The average Bonchev–Trinajstić information content (AvgIpc) is 3.21. The van der Waals surface area contributed by atoms with Crippen molar-refractivity contribution >= 4 is 48.5 Å². The molecule has 0 saturated heterocycles. The molecule has 0 atom stereocenters. The number of aromatic nitrogens is 4. The molecule has 0 spiro atoms. The van der Waals surface area contributed by atoms with Crippen molar-refractivity contribution in [3.63, 3.8) is 0 Å². The van der Waals surface area contributed by atoms with Crippen molar-refractivity contribution in [2.75, 3.05) is 5.73 Å². The Labute approximate surface area is 214 Å². The number of benzene rings is 2. The number of nitrogen functional groups attached to an aromatic ring is 1. The number of imidazole rings is 1. The van der Waals surface area contributed by atoms with Gasteiger partial charge in [0.25, 0.3) is 0 Å². The molecule has 1 fully saturated rings. The van der Waals surface area contributed by atoms with Crippen LogP contribution in [0.15, 0.2) is 67.0 Å². The fraction of sp³-hybridized carbons (Fsp3) is 0.250. The SMILES string of the molecule is C[As](C)CC1CC(c2nc(-c3cc4nc(-c5ccccc5)ccc4cc3Cl)c3c(N)nccn23)C1. The van der Waals surface area contributed by atoms with Crippen LogP contribution in [-0.4, -0.2) is 34.0 Å². The first-order chi connectivity index (χ1) is 17.0. The molecule has 0 unspecified atom stereocenters. The Morgan fingerprint density at radius 3 is 2.63 bits per heavy atom. The van der Waals surface area contributed by atoms with Gasteiger partial charge in [0.15, 0.2) is 0 Å². The van der Waals surface area contributed by atoms with Crippen LogP contribution in [0, 0.1) is 5.92 Å². The first-order valence-corrected chi connectivity index (χ1v) is 17.4. The maximum atomic E-state index is 6.83. The van der Waals surface area contributed by atoms with Crippen molar-refractivity contribution in [1.82, 2.24) is 19.4 Å². The van der Waals surface area contributed by atoms with E-state index in [2.05, 4.69) is 39.0 Å². The predicted molar refractivity (Wildman–Crippen MR) is 146 cm³/mol. The fourth-order valence-electron chi connectivity index (χ4n) is 5.27. The normalized spacial score (nSPS) is 17.8. The van der Waals surface area contributed by atoms with Gasteiger partial charge in [-0.25, -0.2) is 0 Å². The Morgan fingerprint density at radius 2 is 1.86 bits per heavy atom. The molecule has 7 heteroatoms. The monoisotopic (exact) mass is 543 g/mol. The van der Waals surface area contributed by atoms with E-state index in [1.54, 1.807) is 6.20 Å². The van der Waals surface area contributed by atoms with Gasteiger partial charge in [0, 0.05) is 5.56 Å². The van der Waals surface area contributed by atoms with E-state index >= 15 is 0 Å². The standard InChI is InChI=1S/C28H27AsClN5/c1-29(2)16-17-12-20(13-17)28-34-25(26-27(31)32-10-11-35(26)28)21-15-24-19(14-22(21)30)8-9-23(33-24)18-6-4-3-5-7-18/h3-11,14-15,17,20H,12-13,16H2,1-2H3,(H2,31,32). The average molecular weight is 544 g/mol. The van der Waals surface area contributed by atoms with E-state index in [0.29, 0.717) is 16.8 Å². The molecule has 176 valence electrons. The summed E-state index contributed by atoms with van der Waals surface area (Å²) in [6, 6.07) is 18.3. The zero-order chi connectivity index (χ0) is 24.1. The van der Waals surface area contributed by atoms with Crippen molar-refractivity contribution in [2.45, 2.75) is 35.4 Å². The summed E-state index contributed by atoms with van der Waals surface area (Å²) < 4.78 is 2.13. The number of rotatable bonds is 5. The Balaban J connectivity index is 1.46. The molecule has 0 bridgehead atoms. The zero-order valence-electron chi connectivity index (χ0n) is 19.8. The Morgan fingerprint density at radius 1 is 1.06 bits per heavy atom. The molecule has 0 aliphatic heterocycles. The first kappa shape index (κ1) is 22.6. The van der Waals surface area contributed by atoms with Crippen LogP contribution in [-0.2, 0) is 0 Å². The zero-order valence-corrected chi connectivity index (χ0v) is 22.5. The third-order valence-corrected chi connectivity index (χ3v) is 9.87. The number of pyridine rings is 1. The molecular formula is C28H27AsClN5. The van der Waals surface area contributed by atoms with Crippen molar-refractivity contribution in [3.05, 3.63) is 77.8 Å². The number of fused-ring (bicyclic) bond motifs is 2. The first-order valence-electron chi connectivity index (χ1n) is 11.9. The van der Waals surface area contributed by atoms with Crippen LogP contribution in [0.25, 0.3) is 38.9 Å². The second-order valence-electron chi connectivity index (χ2n) is 9.73. The molecule has 1 aliphatic carbocycles. The molecule has 1 aliphatic rings. The minimum atomic E-state index is -0.621. The van der Waals surface area contributed by atoms with Gasteiger partial charge in [0.05, 0.1) is 0 Å². The molecular weight excluding hydrogens is 517 g/mol. The second-order valence-corrected chi connectivity index (χ2v) is 15.4. The van der Waals surface area contributed by atoms with E-state index in [9.17, 15) is 0 Å². The molecule has 1 saturated carbocycles. The Bertz CT molecular complexity index is 1540. The quantitative estimate of drug-likeness (QED) is 0.240. The summed E-state index contributed by atoms with van der Waals surface area (Å²) in [5, 5.41) is 3.04. The predicted octanol–water partition coefficient (Wildman–Crippen LogP) is 7.10. The topological polar surface area (TPSA) is 69.1 Å². The van der Waals surface area contributed by atoms with Crippen LogP contribution in [0.1, 0.15) is 24.6 Å². The van der Waals surface area contributed by atoms with Crippen LogP contribution < -0.4 is 5.73 Å². The molecule has 0 amide bonds. The number of anilines is 1. The second kappa shape index (κ2) is 8.96. The van der Waals surface area contributed by atoms with Crippen LogP contribution >= 0.6 is 11.6 Å². The number of hydrogen-bond donors (Lipinski definition) is 1. The Kier molecular flexibility index (Phi) is 5.78. The number of halogens is 1. The van der Waals surface area contributed by atoms with Crippen molar-refractivity contribution in [3.8, 4) is 22.5 Å². The van der Waals surface area contributed by atoms with E-state index in [4.69, 9.17) is 27.3 Å². The summed E-state index contributed by atoms with van der Waals surface area (Å²) in [6.45, 7) is 0.